The Morgan fingerprint density at radius 1 is 1.04 bits per heavy atom. The average molecular weight is 377 g/mol. The van der Waals surface area contributed by atoms with Crippen LogP contribution in [-0.2, 0) is 17.8 Å². The Balaban J connectivity index is 1.60. The van der Waals surface area contributed by atoms with Crippen LogP contribution < -0.4 is 10.9 Å². The molecule has 0 saturated carbocycles. The highest BCUT2D eigenvalue weighted by atomic mass is 16.5. The Morgan fingerprint density at radius 3 is 2.43 bits per heavy atom. The number of nitrogens with one attached hydrogen (secondary N) is 2. The first kappa shape index (κ1) is 19.0. The molecular formula is C21H19N3O4. The Morgan fingerprint density at radius 2 is 1.75 bits per heavy atom. The molecule has 0 saturated heterocycles. The van der Waals surface area contributed by atoms with Gasteiger partial charge in [0, 0.05) is 6.42 Å². The van der Waals surface area contributed by atoms with Gasteiger partial charge in [-0.3, -0.25) is 14.9 Å². The molecule has 1 amide bonds. The third-order valence-corrected chi connectivity index (χ3v) is 4.00. The molecule has 0 aliphatic heterocycles. The van der Waals surface area contributed by atoms with E-state index in [0.29, 0.717) is 0 Å². The number of ether oxygens (including phenoxy) is 1. The van der Waals surface area contributed by atoms with Crippen molar-refractivity contribution in [3.63, 3.8) is 0 Å². The van der Waals surface area contributed by atoms with Crippen LogP contribution in [0, 0.1) is 6.92 Å². The van der Waals surface area contributed by atoms with Crippen LogP contribution in [0.15, 0.2) is 65.6 Å². The van der Waals surface area contributed by atoms with E-state index in [9.17, 15) is 14.4 Å². The molecule has 0 atom stereocenters. The lowest BCUT2D eigenvalue weighted by molar-refractivity contribution is 0.0982. The second-order valence-electron chi connectivity index (χ2n) is 6.25. The minimum absolute atomic E-state index is 0.0613. The maximum absolute atomic E-state index is 12.3. The smallest absolute Gasteiger partial charge is 0.412 e. The maximum Gasteiger partial charge on any atom is 0.412 e. The van der Waals surface area contributed by atoms with Gasteiger partial charge in [0.2, 0.25) is 5.78 Å². The highest BCUT2D eigenvalue weighted by Crippen LogP contribution is 2.07. The molecular weight excluding hydrogens is 358 g/mol. The molecule has 3 aromatic rings. The summed E-state index contributed by atoms with van der Waals surface area (Å²) in [5.41, 5.74) is 2.02. The monoisotopic (exact) mass is 377 g/mol. The number of aryl methyl sites for hydroxylation is 1. The van der Waals surface area contributed by atoms with Gasteiger partial charge >= 0.3 is 6.09 Å². The summed E-state index contributed by atoms with van der Waals surface area (Å²) in [4.78, 5) is 42.6. The summed E-state index contributed by atoms with van der Waals surface area (Å²) in [6.07, 6.45) is 0.481. The SMILES string of the molecule is Cc1ccc(CC(=O)c2ncc(NC(=O)OCc3ccccc3)c(=O)[nH]2)cc1. The van der Waals surface area contributed by atoms with Crippen LogP contribution in [0.5, 0.6) is 0 Å². The van der Waals surface area contributed by atoms with Crippen molar-refractivity contribution in [1.29, 1.82) is 0 Å². The number of rotatable bonds is 6. The van der Waals surface area contributed by atoms with Crippen molar-refractivity contribution in [2.24, 2.45) is 0 Å². The molecule has 1 heterocycles. The minimum Gasteiger partial charge on any atom is -0.444 e. The number of ketones is 1. The van der Waals surface area contributed by atoms with Crippen LogP contribution in [-0.4, -0.2) is 21.8 Å². The van der Waals surface area contributed by atoms with E-state index in [0.717, 1.165) is 22.9 Å². The van der Waals surface area contributed by atoms with Gasteiger partial charge in [-0.1, -0.05) is 60.2 Å². The molecule has 0 radical (unpaired) electrons. The van der Waals surface area contributed by atoms with Gasteiger partial charge in [0.05, 0.1) is 6.20 Å². The minimum atomic E-state index is -0.783. The van der Waals surface area contributed by atoms with E-state index in [1.54, 1.807) is 0 Å². The molecule has 2 aromatic carbocycles. The van der Waals surface area contributed by atoms with Crippen molar-refractivity contribution in [2.75, 3.05) is 5.32 Å². The summed E-state index contributed by atoms with van der Waals surface area (Å²) in [6.45, 7) is 2.03. The molecule has 0 fully saturated rings. The Bertz CT molecular complexity index is 1030. The fourth-order valence-electron chi connectivity index (χ4n) is 2.47. The molecule has 0 aliphatic carbocycles. The Kier molecular flexibility index (Phi) is 5.96. The first-order valence-electron chi connectivity index (χ1n) is 8.67. The predicted octanol–water partition coefficient (Wildman–Crippen LogP) is 3.25. The third-order valence-electron chi connectivity index (χ3n) is 4.00. The van der Waals surface area contributed by atoms with Gasteiger partial charge in [0.25, 0.3) is 5.56 Å². The summed E-state index contributed by atoms with van der Waals surface area (Å²) < 4.78 is 5.06. The lowest BCUT2D eigenvalue weighted by atomic mass is 10.1. The van der Waals surface area contributed by atoms with Crippen LogP contribution in [0.2, 0.25) is 0 Å². The number of hydrogen-bond acceptors (Lipinski definition) is 5. The van der Waals surface area contributed by atoms with Crippen LogP contribution in [0.3, 0.4) is 0 Å². The first-order chi connectivity index (χ1) is 13.5. The lowest BCUT2D eigenvalue weighted by Gasteiger charge is -2.07. The van der Waals surface area contributed by atoms with E-state index in [1.165, 1.54) is 0 Å². The number of nitrogens with zero attached hydrogens (tertiary/aromatic N) is 1. The van der Waals surface area contributed by atoms with Gasteiger partial charge in [-0.05, 0) is 18.1 Å². The van der Waals surface area contributed by atoms with Gasteiger partial charge in [0.1, 0.15) is 12.3 Å². The highest BCUT2D eigenvalue weighted by Gasteiger charge is 2.13. The molecule has 7 nitrogen and oxygen atoms in total. The van der Waals surface area contributed by atoms with Crippen molar-refractivity contribution < 1.29 is 14.3 Å². The van der Waals surface area contributed by atoms with Gasteiger partial charge in [-0.2, -0.15) is 0 Å². The normalized spacial score (nSPS) is 10.3. The van der Waals surface area contributed by atoms with Crippen LogP contribution in [0.25, 0.3) is 0 Å². The molecule has 0 spiro atoms. The third kappa shape index (κ3) is 5.14. The van der Waals surface area contributed by atoms with Gasteiger partial charge in [-0.25, -0.2) is 9.78 Å². The zero-order valence-corrected chi connectivity index (χ0v) is 15.3. The fraction of sp³-hybridized carbons (Fsp3) is 0.143. The topological polar surface area (TPSA) is 101 Å². The van der Waals surface area contributed by atoms with E-state index in [2.05, 4.69) is 15.3 Å². The quantitative estimate of drug-likeness (QED) is 0.642. The van der Waals surface area contributed by atoms with Crippen molar-refractivity contribution in [2.45, 2.75) is 20.0 Å². The fourth-order valence-corrected chi connectivity index (χ4v) is 2.47. The van der Waals surface area contributed by atoms with Gasteiger partial charge < -0.3 is 9.72 Å². The number of Topliss-reactive ketones (excluding diaryl/α,β-unsaturated/α-hetero) is 1. The van der Waals surface area contributed by atoms with Gasteiger partial charge in [0.15, 0.2) is 5.82 Å². The summed E-state index contributed by atoms with van der Waals surface area (Å²) in [7, 11) is 0. The van der Waals surface area contributed by atoms with Crippen molar-refractivity contribution in [1.82, 2.24) is 9.97 Å². The van der Waals surface area contributed by atoms with Crippen molar-refractivity contribution in [3.05, 3.63) is 93.7 Å². The second kappa shape index (κ2) is 8.77. The lowest BCUT2D eigenvalue weighted by Crippen LogP contribution is -2.23. The summed E-state index contributed by atoms with van der Waals surface area (Å²) in [5.74, 6) is -0.382. The Hall–Kier alpha value is -3.74. The van der Waals surface area contributed by atoms with E-state index >= 15 is 0 Å². The second-order valence-corrected chi connectivity index (χ2v) is 6.25. The largest absolute Gasteiger partial charge is 0.444 e. The number of carbonyl (C=O) groups excluding carboxylic acids is 2. The number of hydrogen-bond donors (Lipinski definition) is 2. The molecule has 0 bridgehead atoms. The highest BCUT2D eigenvalue weighted by molar-refractivity contribution is 5.94. The number of H-pyrrole nitrogens is 1. The van der Waals surface area contributed by atoms with Crippen LogP contribution in [0.4, 0.5) is 10.5 Å². The number of anilines is 1. The van der Waals surface area contributed by atoms with Gasteiger partial charge in [-0.15, -0.1) is 0 Å². The van der Waals surface area contributed by atoms with E-state index in [-0.39, 0.29) is 30.3 Å². The zero-order chi connectivity index (χ0) is 19.9. The number of carbonyl (C=O) groups is 2. The molecule has 1 aromatic heterocycles. The first-order valence-corrected chi connectivity index (χ1v) is 8.67. The molecule has 2 N–H and O–H groups in total. The zero-order valence-electron chi connectivity index (χ0n) is 15.3. The number of aromatic nitrogens is 2. The number of benzene rings is 2. The summed E-state index contributed by atoms with van der Waals surface area (Å²) >= 11 is 0. The Labute approximate surface area is 161 Å². The van der Waals surface area contributed by atoms with E-state index < -0.39 is 11.7 Å². The standard InChI is InChI=1S/C21H19N3O4/c1-14-7-9-15(10-8-14)11-18(25)19-22-12-17(20(26)24-19)23-21(27)28-13-16-5-3-2-4-6-16/h2-10,12H,11,13H2,1H3,(H,23,27)(H,22,24,26). The maximum atomic E-state index is 12.3. The number of aromatic amines is 1. The molecule has 0 unspecified atom stereocenters. The summed E-state index contributed by atoms with van der Waals surface area (Å²) in [5, 5.41) is 2.32. The molecule has 3 rings (SSSR count). The molecule has 7 heteroatoms. The van der Waals surface area contributed by atoms with Crippen LogP contribution in [0.1, 0.15) is 27.3 Å². The van der Waals surface area contributed by atoms with Crippen LogP contribution >= 0.6 is 0 Å². The van der Waals surface area contributed by atoms with E-state index in [1.807, 2.05) is 61.5 Å². The van der Waals surface area contributed by atoms with Crippen molar-refractivity contribution in [3.8, 4) is 0 Å². The molecule has 0 aliphatic rings. The number of amides is 1. The molecule has 142 valence electrons. The predicted molar refractivity (Wildman–Crippen MR) is 104 cm³/mol. The van der Waals surface area contributed by atoms with Crippen molar-refractivity contribution >= 4 is 17.6 Å². The summed E-state index contributed by atoms with van der Waals surface area (Å²) in [6, 6.07) is 16.7. The van der Waals surface area contributed by atoms with E-state index in [4.69, 9.17) is 4.74 Å². The molecule has 28 heavy (non-hydrogen) atoms. The average Bonchev–Trinajstić information content (AvgIpc) is 2.70.